The van der Waals surface area contributed by atoms with Crippen molar-refractivity contribution in [3.8, 4) is 0 Å². The molecular weight excluding hydrogens is 1030 g/mol. The Labute approximate surface area is 458 Å². The van der Waals surface area contributed by atoms with Crippen LogP contribution >= 0.6 is 0 Å². The SMILES string of the molecule is C=CCOC1CC(C=C(C)C2OC(=O)C3CCCCN3C(=O)C(=O)C3(O)OC(C(OC)CC(C)CC(C)=CC(CC)C(=O)CC(O[Si](C)(C)C(C)(C)C)C2C)C(OC)CC3C)CCC1OS(=O)(=O)c1ccccc1[N+](=O)[O-]. The Morgan fingerprint density at radius 3 is 2.25 bits per heavy atom. The number of fused-ring (bicyclic) bond motifs is 3. The Morgan fingerprint density at radius 2 is 1.62 bits per heavy atom. The lowest BCUT2D eigenvalue weighted by Gasteiger charge is -2.47. The number of amides is 1. The zero-order chi connectivity index (χ0) is 57.4. The van der Waals surface area contributed by atoms with Crippen LogP contribution in [-0.2, 0) is 61.6 Å². The molecule has 14 atom stereocenters. The lowest BCUT2D eigenvalue weighted by atomic mass is 9.81. The molecule has 3 heterocycles. The third-order valence-corrected chi connectivity index (χ3v) is 22.7. The normalized spacial score (nSPS) is 33.3. The first-order valence-corrected chi connectivity index (χ1v) is 31.8. The van der Waals surface area contributed by atoms with E-state index in [0.29, 0.717) is 44.1 Å². The van der Waals surface area contributed by atoms with Crippen LogP contribution in [0.25, 0.3) is 0 Å². The first-order chi connectivity index (χ1) is 36.0. The number of para-hydroxylation sites is 1. The lowest BCUT2D eigenvalue weighted by Crippen LogP contribution is -2.64. The molecule has 1 aromatic carbocycles. The van der Waals surface area contributed by atoms with Gasteiger partial charge in [-0.25, -0.2) is 4.79 Å². The molecule has 5 rings (SSSR count). The molecule has 4 aliphatic rings. The van der Waals surface area contributed by atoms with Gasteiger partial charge in [0.25, 0.3) is 17.4 Å². The van der Waals surface area contributed by atoms with Gasteiger partial charge in [-0.15, -0.1) is 6.58 Å². The predicted molar refractivity (Wildman–Crippen MR) is 292 cm³/mol. The Morgan fingerprint density at radius 1 is 0.961 bits per heavy atom. The number of rotatable bonds is 14. The highest BCUT2D eigenvalue weighted by Gasteiger charge is 2.57. The number of ketones is 2. The standard InChI is InChI=1S/C57H88N2O16SSi/c1-15-27-71-47-33-40(24-25-45(47)74-76(67,68)50-23-18-17-21-42(50)59(65)66)31-37(5)51-39(7)46(75-77(13,14)56(8,9)10)34-44(60)41(16-2)29-35(3)28-36(4)30-48(69-11)52-49(70-12)32-38(6)57(64,73-52)53(61)54(62)58-26-20-19-22-43(58)55(63)72-51/h15,17-18,21,23,29,31,36,38-41,43,45-49,51-52,64H,1,16,19-20,22,24-28,30,32-34H2,2-14H3. The van der Waals surface area contributed by atoms with E-state index in [1.54, 1.807) is 6.92 Å². The Hall–Kier alpha value is -3.99. The molecule has 14 unspecified atom stereocenters. The summed E-state index contributed by atoms with van der Waals surface area (Å²) in [7, 11) is -4.24. The van der Waals surface area contributed by atoms with Crippen molar-refractivity contribution in [2.45, 2.75) is 211 Å². The van der Waals surface area contributed by atoms with Gasteiger partial charge in [-0.2, -0.15) is 8.42 Å². The molecule has 18 nitrogen and oxygen atoms in total. The molecule has 2 saturated heterocycles. The van der Waals surface area contributed by atoms with Gasteiger partial charge < -0.3 is 38.1 Å². The van der Waals surface area contributed by atoms with E-state index in [0.717, 1.165) is 17.7 Å². The molecule has 20 heteroatoms. The molecule has 0 radical (unpaired) electrons. The largest absolute Gasteiger partial charge is 0.456 e. The van der Waals surface area contributed by atoms with Gasteiger partial charge in [0, 0.05) is 51.0 Å². The molecule has 1 amide bonds. The second-order valence-corrected chi connectivity index (χ2v) is 29.9. The number of allylic oxidation sites excluding steroid dienone is 3. The Balaban J connectivity index is 1.61. The molecule has 0 spiro atoms. The number of esters is 1. The summed E-state index contributed by atoms with van der Waals surface area (Å²) in [5, 5.41) is 23.8. The molecule has 1 N–H and O–H groups in total. The number of nitrogens with zero attached hydrogens (tertiary/aromatic N) is 2. The number of hydrogen-bond donors (Lipinski definition) is 1. The number of nitro groups is 1. The number of carbonyl (C=O) groups is 4. The van der Waals surface area contributed by atoms with E-state index < -0.39 is 124 Å². The van der Waals surface area contributed by atoms with Crippen molar-refractivity contribution in [2.24, 2.45) is 29.6 Å². The molecule has 77 heavy (non-hydrogen) atoms. The molecule has 0 aromatic heterocycles. The zero-order valence-electron chi connectivity index (χ0n) is 47.8. The third kappa shape index (κ3) is 15.5. The summed E-state index contributed by atoms with van der Waals surface area (Å²) in [5.41, 5.74) is 0.977. The molecule has 2 bridgehead atoms. The van der Waals surface area contributed by atoms with Crippen molar-refractivity contribution >= 4 is 47.6 Å². The molecule has 1 aromatic rings. The summed E-state index contributed by atoms with van der Waals surface area (Å²) in [5.74, 6) is -7.97. The van der Waals surface area contributed by atoms with Crippen LogP contribution in [0.2, 0.25) is 18.1 Å². The van der Waals surface area contributed by atoms with Crippen molar-refractivity contribution in [2.75, 3.05) is 27.4 Å². The molecule has 1 saturated carbocycles. The van der Waals surface area contributed by atoms with Gasteiger partial charge >= 0.3 is 16.1 Å². The molecular formula is C57H88N2O16SSi. The number of hydrogen-bond acceptors (Lipinski definition) is 16. The van der Waals surface area contributed by atoms with Crippen molar-refractivity contribution in [1.82, 2.24) is 4.90 Å². The first-order valence-electron chi connectivity index (χ1n) is 27.5. The van der Waals surface area contributed by atoms with Crippen molar-refractivity contribution in [3.05, 3.63) is 70.3 Å². The minimum absolute atomic E-state index is 0.00327. The van der Waals surface area contributed by atoms with E-state index in [4.69, 9.17) is 32.3 Å². The third-order valence-electron chi connectivity index (χ3n) is 16.8. The van der Waals surface area contributed by atoms with E-state index in [9.17, 15) is 38.0 Å². The van der Waals surface area contributed by atoms with Crippen molar-refractivity contribution < 1.29 is 69.9 Å². The van der Waals surface area contributed by atoms with E-state index in [2.05, 4.69) is 47.4 Å². The van der Waals surface area contributed by atoms with Crippen molar-refractivity contribution in [3.63, 3.8) is 0 Å². The summed E-state index contributed by atoms with van der Waals surface area (Å²) >= 11 is 0. The number of Topliss-reactive ketones (excluding diaryl/α,β-unsaturated/α-hetero) is 2. The average Bonchev–Trinajstić information content (AvgIpc) is 3.37. The van der Waals surface area contributed by atoms with Gasteiger partial charge in [-0.3, -0.25) is 28.7 Å². The maximum Gasteiger partial charge on any atom is 0.329 e. The quantitative estimate of drug-likeness (QED) is 0.0347. The second-order valence-electron chi connectivity index (χ2n) is 23.6. The van der Waals surface area contributed by atoms with Crippen LogP contribution in [-0.4, -0.2) is 137 Å². The van der Waals surface area contributed by atoms with E-state index in [1.165, 1.54) is 37.3 Å². The summed E-state index contributed by atoms with van der Waals surface area (Å²) in [4.78, 5) is 70.9. The van der Waals surface area contributed by atoms with Crippen LogP contribution in [0, 0.1) is 39.7 Å². The average molecular weight is 1120 g/mol. The summed E-state index contributed by atoms with van der Waals surface area (Å²) in [6.45, 7) is 25.8. The smallest absolute Gasteiger partial charge is 0.329 e. The highest BCUT2D eigenvalue weighted by Crippen LogP contribution is 2.43. The van der Waals surface area contributed by atoms with Gasteiger partial charge in [-0.05, 0) is 120 Å². The van der Waals surface area contributed by atoms with Crippen LogP contribution in [0.4, 0.5) is 5.69 Å². The summed E-state index contributed by atoms with van der Waals surface area (Å²) in [6.07, 6.45) is 3.44. The summed E-state index contributed by atoms with van der Waals surface area (Å²) < 4.78 is 71.3. The van der Waals surface area contributed by atoms with E-state index in [1.807, 2.05) is 39.8 Å². The van der Waals surface area contributed by atoms with Gasteiger partial charge in [0.15, 0.2) is 13.2 Å². The van der Waals surface area contributed by atoms with Gasteiger partial charge in [0.2, 0.25) is 5.79 Å². The Kier molecular flexibility index (Phi) is 22.4. The number of aliphatic hydroxyl groups is 1. The van der Waals surface area contributed by atoms with Crippen molar-refractivity contribution in [1.29, 1.82) is 0 Å². The first kappa shape index (κ1) is 63.8. The number of carbonyl (C=O) groups excluding carboxylic acids is 4. The second kappa shape index (κ2) is 27.0. The minimum atomic E-state index is -4.63. The van der Waals surface area contributed by atoms with Crippen LogP contribution in [0.1, 0.15) is 133 Å². The molecule has 3 fully saturated rings. The number of methoxy groups -OCH3 is 2. The van der Waals surface area contributed by atoms with E-state index in [-0.39, 0.29) is 67.9 Å². The maximum atomic E-state index is 15.1. The number of benzene rings is 1. The molecule has 1 aliphatic carbocycles. The topological polar surface area (TPSA) is 234 Å². The summed E-state index contributed by atoms with van der Waals surface area (Å²) in [6, 6.07) is 3.76. The zero-order valence-corrected chi connectivity index (χ0v) is 49.6. The number of piperidine rings is 1. The molecule has 3 aliphatic heterocycles. The monoisotopic (exact) mass is 1120 g/mol. The fourth-order valence-corrected chi connectivity index (χ4v) is 14.0. The highest BCUT2D eigenvalue weighted by atomic mass is 32.2. The van der Waals surface area contributed by atoms with Crippen LogP contribution in [0.3, 0.4) is 0 Å². The lowest BCUT2D eigenvalue weighted by molar-refractivity contribution is -0.387. The predicted octanol–water partition coefficient (Wildman–Crippen LogP) is 9.38. The number of ether oxygens (including phenoxy) is 5. The van der Waals surface area contributed by atoms with Crippen LogP contribution in [0.5, 0.6) is 0 Å². The highest BCUT2D eigenvalue weighted by molar-refractivity contribution is 7.87. The van der Waals surface area contributed by atoms with Gasteiger partial charge in [0.1, 0.15) is 30.1 Å². The van der Waals surface area contributed by atoms with Gasteiger partial charge in [-0.1, -0.05) is 84.4 Å². The van der Waals surface area contributed by atoms with Crippen LogP contribution < -0.4 is 0 Å². The molecule has 432 valence electrons. The van der Waals surface area contributed by atoms with Crippen LogP contribution in [0.15, 0.2) is 65.1 Å². The maximum absolute atomic E-state index is 15.1. The number of cyclic esters (lactones) is 1. The van der Waals surface area contributed by atoms with E-state index >= 15 is 4.79 Å². The number of nitro benzene ring substituents is 1. The fraction of sp³-hybridized carbons (Fsp3) is 0.719. The van der Waals surface area contributed by atoms with Gasteiger partial charge in [0.05, 0.1) is 35.9 Å². The Bertz CT molecular complexity index is 2440. The fourth-order valence-electron chi connectivity index (χ4n) is 11.3. The minimum Gasteiger partial charge on any atom is -0.456 e.